The Kier molecular flexibility index (Phi) is 3.60. The maximum atomic E-state index is 11.7. The molecule has 3 rings (SSSR count). The van der Waals surface area contributed by atoms with E-state index in [0.717, 1.165) is 30.4 Å². The van der Waals surface area contributed by atoms with Crippen LogP contribution < -0.4 is 0 Å². The lowest BCUT2D eigenvalue weighted by atomic mass is 9.81. The van der Waals surface area contributed by atoms with Crippen LogP contribution in [0.3, 0.4) is 0 Å². The highest BCUT2D eigenvalue weighted by Crippen LogP contribution is 2.41. The molecule has 1 aromatic carbocycles. The first-order valence-electron chi connectivity index (χ1n) is 7.12. The fraction of sp³-hybridized carbons (Fsp3) is 0.600. The zero-order valence-corrected chi connectivity index (χ0v) is 12.1. The highest BCUT2D eigenvalue weighted by atomic mass is 32.2. The van der Waals surface area contributed by atoms with Gasteiger partial charge in [-0.2, -0.15) is 0 Å². The fourth-order valence-corrected chi connectivity index (χ4v) is 5.64. The monoisotopic (exact) mass is 296 g/mol. The smallest absolute Gasteiger partial charge is 0.153 e. The number of fused-ring (bicyclic) bond motifs is 1. The summed E-state index contributed by atoms with van der Waals surface area (Å²) in [5.74, 6) is -0.687. The summed E-state index contributed by atoms with van der Waals surface area (Å²) in [4.78, 5) is 0. The van der Waals surface area contributed by atoms with Gasteiger partial charge in [0.15, 0.2) is 9.84 Å². The van der Waals surface area contributed by atoms with Gasteiger partial charge in [0.05, 0.1) is 23.7 Å². The molecule has 0 spiro atoms. The maximum absolute atomic E-state index is 11.7. The predicted molar refractivity (Wildman–Crippen MR) is 76.0 cm³/mol. The molecule has 1 aliphatic carbocycles. The van der Waals surface area contributed by atoms with Crippen molar-refractivity contribution in [2.75, 3.05) is 11.5 Å². The Hall–Kier alpha value is -0.910. The molecule has 2 N–H and O–H groups in total. The van der Waals surface area contributed by atoms with Crippen molar-refractivity contribution in [3.63, 3.8) is 0 Å². The number of aliphatic hydroxyl groups excluding tert-OH is 2. The molecular weight excluding hydrogens is 276 g/mol. The molecule has 20 heavy (non-hydrogen) atoms. The number of hydrogen-bond donors (Lipinski definition) is 2. The second-order valence-corrected chi connectivity index (χ2v) is 8.16. The Labute approximate surface area is 119 Å². The Morgan fingerprint density at radius 1 is 1.05 bits per heavy atom. The first kappa shape index (κ1) is 14.0. The lowest BCUT2D eigenvalue weighted by molar-refractivity contribution is 0.0266. The lowest BCUT2D eigenvalue weighted by Gasteiger charge is -2.28. The normalized spacial score (nSPS) is 36.3. The Morgan fingerprint density at radius 3 is 2.50 bits per heavy atom. The van der Waals surface area contributed by atoms with Crippen molar-refractivity contribution in [2.24, 2.45) is 11.8 Å². The molecule has 2 aliphatic rings. The second kappa shape index (κ2) is 5.13. The number of aryl methyl sites for hydroxylation is 1. The predicted octanol–water partition coefficient (Wildman–Crippen LogP) is 1.08. The minimum Gasteiger partial charge on any atom is -0.392 e. The third-order valence-electron chi connectivity index (χ3n) is 4.68. The van der Waals surface area contributed by atoms with Crippen LogP contribution in [0.5, 0.6) is 0 Å². The third kappa shape index (κ3) is 2.50. The molecule has 1 saturated heterocycles. The van der Waals surface area contributed by atoms with Gasteiger partial charge in [-0.1, -0.05) is 24.3 Å². The van der Waals surface area contributed by atoms with Crippen LogP contribution in [-0.4, -0.2) is 36.2 Å². The first-order chi connectivity index (χ1) is 9.48. The van der Waals surface area contributed by atoms with Crippen molar-refractivity contribution in [2.45, 2.75) is 31.5 Å². The third-order valence-corrected chi connectivity index (χ3v) is 6.42. The van der Waals surface area contributed by atoms with Crippen molar-refractivity contribution in [3.05, 3.63) is 35.4 Å². The summed E-state index contributed by atoms with van der Waals surface area (Å²) in [7, 11) is -3.17. The maximum Gasteiger partial charge on any atom is 0.153 e. The molecule has 4 nitrogen and oxygen atoms in total. The van der Waals surface area contributed by atoms with Crippen molar-refractivity contribution < 1.29 is 18.6 Å². The minimum absolute atomic E-state index is 0.00192. The molecule has 4 atom stereocenters. The summed E-state index contributed by atoms with van der Waals surface area (Å²) < 4.78 is 23.4. The van der Waals surface area contributed by atoms with Crippen molar-refractivity contribution in [1.82, 2.24) is 0 Å². The standard InChI is InChI=1S/C15H20O4S/c16-14-9-20(18,19)8-13(14)12-7-3-5-10-4-1-2-6-11(10)15(12)17/h1-2,4,6,12-17H,3,5,7-9H2. The van der Waals surface area contributed by atoms with Gasteiger partial charge < -0.3 is 10.2 Å². The van der Waals surface area contributed by atoms with Crippen LogP contribution in [0, 0.1) is 11.8 Å². The van der Waals surface area contributed by atoms with Gasteiger partial charge in [-0.25, -0.2) is 8.42 Å². The van der Waals surface area contributed by atoms with E-state index in [1.165, 1.54) is 0 Å². The van der Waals surface area contributed by atoms with E-state index < -0.39 is 22.0 Å². The quantitative estimate of drug-likeness (QED) is 0.761. The van der Waals surface area contributed by atoms with Crippen LogP contribution in [0.25, 0.3) is 0 Å². The van der Waals surface area contributed by atoms with Gasteiger partial charge in [-0.05, 0) is 36.3 Å². The van der Waals surface area contributed by atoms with E-state index in [-0.39, 0.29) is 23.3 Å². The van der Waals surface area contributed by atoms with Gasteiger partial charge in [0.25, 0.3) is 0 Å². The second-order valence-electron chi connectivity index (χ2n) is 6.01. The van der Waals surface area contributed by atoms with E-state index in [9.17, 15) is 18.6 Å². The Morgan fingerprint density at radius 2 is 1.80 bits per heavy atom. The summed E-state index contributed by atoms with van der Waals surface area (Å²) in [6.07, 6.45) is 1.06. The van der Waals surface area contributed by atoms with Gasteiger partial charge in [0, 0.05) is 5.92 Å². The van der Waals surface area contributed by atoms with E-state index in [1.807, 2.05) is 24.3 Å². The van der Waals surface area contributed by atoms with Crippen LogP contribution in [0.15, 0.2) is 24.3 Å². The molecule has 0 saturated carbocycles. The summed E-state index contributed by atoms with van der Waals surface area (Å²) in [6, 6.07) is 7.78. The zero-order chi connectivity index (χ0) is 14.3. The first-order valence-corrected chi connectivity index (χ1v) is 8.94. The largest absolute Gasteiger partial charge is 0.392 e. The number of benzene rings is 1. The highest BCUT2D eigenvalue weighted by molar-refractivity contribution is 7.91. The van der Waals surface area contributed by atoms with Crippen molar-refractivity contribution in [1.29, 1.82) is 0 Å². The summed E-state index contributed by atoms with van der Waals surface area (Å²) in [5.41, 5.74) is 2.03. The average Bonchev–Trinajstić information content (AvgIpc) is 2.57. The van der Waals surface area contributed by atoms with Gasteiger partial charge in [-0.15, -0.1) is 0 Å². The zero-order valence-electron chi connectivity index (χ0n) is 11.3. The molecular formula is C15H20O4S. The topological polar surface area (TPSA) is 74.6 Å². The SMILES string of the molecule is O=S1(=O)CC(O)C(C2CCCc3ccccc3C2O)C1. The average molecular weight is 296 g/mol. The van der Waals surface area contributed by atoms with Crippen molar-refractivity contribution in [3.8, 4) is 0 Å². The van der Waals surface area contributed by atoms with Crippen LogP contribution in [0.1, 0.15) is 30.1 Å². The van der Waals surface area contributed by atoms with Gasteiger partial charge in [0.1, 0.15) is 0 Å². The molecule has 1 aliphatic heterocycles. The summed E-state index contributed by atoms with van der Waals surface area (Å²) in [6.45, 7) is 0. The summed E-state index contributed by atoms with van der Waals surface area (Å²) in [5, 5.41) is 20.7. The number of hydrogen-bond acceptors (Lipinski definition) is 4. The van der Waals surface area contributed by atoms with E-state index in [4.69, 9.17) is 0 Å². The number of aliphatic hydroxyl groups is 2. The van der Waals surface area contributed by atoms with Crippen LogP contribution in [0.2, 0.25) is 0 Å². The lowest BCUT2D eigenvalue weighted by Crippen LogP contribution is -2.30. The Bertz CT molecular complexity index is 596. The van der Waals surface area contributed by atoms with E-state index in [0.29, 0.717) is 0 Å². The van der Waals surface area contributed by atoms with E-state index in [1.54, 1.807) is 0 Å². The Balaban J connectivity index is 1.92. The number of rotatable bonds is 1. The molecule has 4 unspecified atom stereocenters. The molecule has 1 heterocycles. The van der Waals surface area contributed by atoms with Crippen LogP contribution >= 0.6 is 0 Å². The van der Waals surface area contributed by atoms with Crippen LogP contribution in [-0.2, 0) is 16.3 Å². The van der Waals surface area contributed by atoms with E-state index in [2.05, 4.69) is 0 Å². The molecule has 5 heteroatoms. The number of sulfone groups is 1. The molecule has 0 bridgehead atoms. The molecule has 0 aromatic heterocycles. The molecule has 1 aromatic rings. The molecule has 110 valence electrons. The highest BCUT2D eigenvalue weighted by Gasteiger charge is 2.44. The van der Waals surface area contributed by atoms with Gasteiger partial charge >= 0.3 is 0 Å². The van der Waals surface area contributed by atoms with Gasteiger partial charge in [-0.3, -0.25) is 0 Å². The summed E-state index contributed by atoms with van der Waals surface area (Å²) >= 11 is 0. The van der Waals surface area contributed by atoms with Crippen LogP contribution in [0.4, 0.5) is 0 Å². The van der Waals surface area contributed by atoms with E-state index >= 15 is 0 Å². The van der Waals surface area contributed by atoms with Gasteiger partial charge in [0.2, 0.25) is 0 Å². The molecule has 0 amide bonds. The fourth-order valence-electron chi connectivity index (χ4n) is 3.68. The molecule has 0 radical (unpaired) electrons. The molecule has 1 fully saturated rings. The van der Waals surface area contributed by atoms with Crippen molar-refractivity contribution >= 4 is 9.84 Å². The minimum atomic E-state index is -3.17.